The van der Waals surface area contributed by atoms with Gasteiger partial charge >= 0.3 is 5.97 Å². The number of rotatable bonds is 76. The molecule has 0 aromatic rings. The molecule has 512 valence electrons. The highest BCUT2D eigenvalue weighted by molar-refractivity contribution is 5.76. The second-order valence-corrected chi connectivity index (χ2v) is 27.8. The summed E-state index contributed by atoms with van der Waals surface area (Å²) in [5, 5.41) is 23.5. The first-order valence-electron chi connectivity index (χ1n) is 39.9. The SMILES string of the molecule is CCCCCCCCCCCCCCCCCCCCCCCCCCCC(O)C(CO)NC(=O)CCCCCCCCCCCCCCC/C=C\CCCCCCCCCCCCCCOC(=O)CCCCCCCCCCCCCCCCC. The van der Waals surface area contributed by atoms with Crippen LogP contribution < -0.4 is 5.32 Å². The van der Waals surface area contributed by atoms with Gasteiger partial charge in [0, 0.05) is 12.8 Å². The molecule has 2 atom stereocenters. The number of aliphatic hydroxyl groups is 2. The van der Waals surface area contributed by atoms with E-state index in [0.717, 1.165) is 38.5 Å². The lowest BCUT2D eigenvalue weighted by Gasteiger charge is -2.22. The number of hydrogen-bond acceptors (Lipinski definition) is 5. The Hall–Kier alpha value is -1.40. The number of allylic oxidation sites excluding steroid dienone is 2. The molecule has 0 aromatic carbocycles. The van der Waals surface area contributed by atoms with Gasteiger partial charge in [-0.1, -0.05) is 411 Å². The van der Waals surface area contributed by atoms with Crippen molar-refractivity contribution >= 4 is 11.9 Å². The zero-order valence-electron chi connectivity index (χ0n) is 58.8. The summed E-state index contributed by atoms with van der Waals surface area (Å²) >= 11 is 0. The van der Waals surface area contributed by atoms with Gasteiger partial charge in [-0.15, -0.1) is 0 Å². The first kappa shape index (κ1) is 84.6. The van der Waals surface area contributed by atoms with Crippen molar-refractivity contribution in [3.05, 3.63) is 12.2 Å². The van der Waals surface area contributed by atoms with Crippen molar-refractivity contribution in [2.24, 2.45) is 0 Å². The van der Waals surface area contributed by atoms with Crippen LogP contribution in [-0.2, 0) is 14.3 Å². The standard InChI is InChI=1S/C80H157NO5/c1-3-5-7-9-11-13-15-17-19-20-21-22-23-29-32-35-38-41-45-48-52-56-60-64-68-72-78(83)77(76-82)81-79(84)73-69-65-61-57-53-49-46-42-39-36-33-30-27-25-24-26-28-31-34-37-40-43-47-51-55-59-63-67-71-75-86-80(85)74-70-66-62-58-54-50-44-18-16-14-12-10-8-6-4-2/h24,26,77-78,82-83H,3-23,25,27-76H2,1-2H3,(H,81,84)/b26-24-. The van der Waals surface area contributed by atoms with E-state index in [1.165, 1.54) is 392 Å². The summed E-state index contributed by atoms with van der Waals surface area (Å²) in [5.41, 5.74) is 0. The van der Waals surface area contributed by atoms with Crippen molar-refractivity contribution in [3.63, 3.8) is 0 Å². The summed E-state index contributed by atoms with van der Waals surface area (Å²) in [5.74, 6) is -0.00701. The Morgan fingerprint density at radius 3 is 0.826 bits per heavy atom. The summed E-state index contributed by atoms with van der Waals surface area (Å²) in [6.07, 6.45) is 95.9. The maximum Gasteiger partial charge on any atom is 0.305 e. The smallest absolute Gasteiger partial charge is 0.305 e. The monoisotopic (exact) mass is 1210 g/mol. The van der Waals surface area contributed by atoms with Gasteiger partial charge in [-0.3, -0.25) is 9.59 Å². The number of carbonyl (C=O) groups excluding carboxylic acids is 2. The second kappa shape index (κ2) is 76.1. The van der Waals surface area contributed by atoms with Gasteiger partial charge in [0.1, 0.15) is 0 Å². The normalized spacial score (nSPS) is 12.5. The topological polar surface area (TPSA) is 95.9 Å². The highest BCUT2D eigenvalue weighted by Crippen LogP contribution is 2.20. The molecule has 0 fully saturated rings. The average molecular weight is 1210 g/mol. The zero-order chi connectivity index (χ0) is 62.0. The van der Waals surface area contributed by atoms with Gasteiger partial charge in [-0.2, -0.15) is 0 Å². The van der Waals surface area contributed by atoms with Crippen LogP contribution in [-0.4, -0.2) is 47.4 Å². The van der Waals surface area contributed by atoms with Gasteiger partial charge in [-0.05, 0) is 51.4 Å². The molecule has 0 aromatic heterocycles. The van der Waals surface area contributed by atoms with E-state index < -0.39 is 12.1 Å². The first-order chi connectivity index (χ1) is 42.5. The molecule has 0 rings (SSSR count). The number of aliphatic hydroxyl groups excluding tert-OH is 2. The molecule has 0 bridgehead atoms. The number of unbranched alkanes of at least 4 members (excludes halogenated alkanes) is 63. The number of amides is 1. The van der Waals surface area contributed by atoms with E-state index in [1.54, 1.807) is 0 Å². The van der Waals surface area contributed by atoms with E-state index in [-0.39, 0.29) is 18.5 Å². The first-order valence-corrected chi connectivity index (χ1v) is 39.9. The predicted molar refractivity (Wildman–Crippen MR) is 380 cm³/mol. The quantitative estimate of drug-likeness (QED) is 0.0320. The zero-order valence-corrected chi connectivity index (χ0v) is 58.8. The fourth-order valence-corrected chi connectivity index (χ4v) is 13.0. The Morgan fingerprint density at radius 2 is 0.547 bits per heavy atom. The van der Waals surface area contributed by atoms with Crippen molar-refractivity contribution in [1.82, 2.24) is 5.32 Å². The summed E-state index contributed by atoms with van der Waals surface area (Å²) in [4.78, 5) is 24.7. The minimum absolute atomic E-state index is 0.0208. The number of ether oxygens (including phenoxy) is 1. The van der Waals surface area contributed by atoms with E-state index in [2.05, 4.69) is 31.3 Å². The molecule has 1 amide bonds. The molecule has 2 unspecified atom stereocenters. The van der Waals surface area contributed by atoms with Gasteiger partial charge in [-0.25, -0.2) is 0 Å². The lowest BCUT2D eigenvalue weighted by molar-refractivity contribution is -0.143. The molecule has 6 heteroatoms. The van der Waals surface area contributed by atoms with E-state index in [0.29, 0.717) is 25.9 Å². The highest BCUT2D eigenvalue weighted by atomic mass is 16.5. The molecule has 0 aliphatic heterocycles. The predicted octanol–water partition coefficient (Wildman–Crippen LogP) is 26.3. The van der Waals surface area contributed by atoms with Crippen LogP contribution in [0.5, 0.6) is 0 Å². The summed E-state index contributed by atoms with van der Waals surface area (Å²) < 4.78 is 5.50. The van der Waals surface area contributed by atoms with Crippen LogP contribution in [0.3, 0.4) is 0 Å². The number of carbonyl (C=O) groups is 2. The van der Waals surface area contributed by atoms with Gasteiger partial charge in [0.25, 0.3) is 0 Å². The molecular weight excluding hydrogens is 1050 g/mol. The largest absolute Gasteiger partial charge is 0.466 e. The van der Waals surface area contributed by atoms with Crippen LogP contribution in [0.1, 0.15) is 463 Å². The summed E-state index contributed by atoms with van der Waals surface area (Å²) in [7, 11) is 0. The van der Waals surface area contributed by atoms with E-state index in [9.17, 15) is 19.8 Å². The molecule has 3 N–H and O–H groups in total. The van der Waals surface area contributed by atoms with Crippen LogP contribution in [0.25, 0.3) is 0 Å². The van der Waals surface area contributed by atoms with Crippen molar-refractivity contribution in [2.75, 3.05) is 13.2 Å². The van der Waals surface area contributed by atoms with Crippen molar-refractivity contribution in [1.29, 1.82) is 0 Å². The Bertz CT molecular complexity index is 1300. The van der Waals surface area contributed by atoms with Crippen LogP contribution in [0, 0.1) is 0 Å². The summed E-state index contributed by atoms with van der Waals surface area (Å²) in [6, 6.07) is -0.542. The molecule has 0 saturated carbocycles. The van der Waals surface area contributed by atoms with Crippen molar-refractivity contribution in [2.45, 2.75) is 475 Å². The maximum atomic E-state index is 12.6. The lowest BCUT2D eigenvalue weighted by atomic mass is 10.0. The van der Waals surface area contributed by atoms with Gasteiger partial charge in [0.2, 0.25) is 5.91 Å². The minimum Gasteiger partial charge on any atom is -0.466 e. The Labute approximate surface area is 539 Å². The lowest BCUT2D eigenvalue weighted by Crippen LogP contribution is -2.45. The number of esters is 1. The average Bonchev–Trinajstić information content (AvgIpc) is 3.52. The molecular formula is C80H157NO5. The fourth-order valence-electron chi connectivity index (χ4n) is 13.0. The molecule has 0 radical (unpaired) electrons. The van der Waals surface area contributed by atoms with E-state index >= 15 is 0 Å². The fraction of sp³-hybridized carbons (Fsp3) is 0.950. The van der Waals surface area contributed by atoms with E-state index in [4.69, 9.17) is 4.74 Å². The van der Waals surface area contributed by atoms with Gasteiger partial charge in [0.05, 0.1) is 25.4 Å². The maximum absolute atomic E-state index is 12.6. The molecule has 6 nitrogen and oxygen atoms in total. The van der Waals surface area contributed by atoms with Crippen LogP contribution >= 0.6 is 0 Å². The molecule has 0 aliphatic carbocycles. The highest BCUT2D eigenvalue weighted by Gasteiger charge is 2.20. The Balaban J connectivity index is 3.36. The molecule has 0 heterocycles. The summed E-state index contributed by atoms with van der Waals surface area (Å²) in [6.45, 7) is 5.01. The third-order valence-corrected chi connectivity index (χ3v) is 19.1. The second-order valence-electron chi connectivity index (χ2n) is 27.8. The third kappa shape index (κ3) is 71.7. The van der Waals surface area contributed by atoms with Crippen molar-refractivity contribution < 1.29 is 24.5 Å². The van der Waals surface area contributed by atoms with Crippen LogP contribution in [0.2, 0.25) is 0 Å². The van der Waals surface area contributed by atoms with Gasteiger partial charge in [0.15, 0.2) is 0 Å². The molecule has 0 saturated heterocycles. The minimum atomic E-state index is -0.665. The molecule has 0 spiro atoms. The third-order valence-electron chi connectivity index (χ3n) is 19.1. The number of nitrogens with one attached hydrogen (secondary N) is 1. The molecule has 0 aliphatic rings. The molecule has 86 heavy (non-hydrogen) atoms. The van der Waals surface area contributed by atoms with Gasteiger partial charge < -0.3 is 20.3 Å². The van der Waals surface area contributed by atoms with Crippen molar-refractivity contribution in [3.8, 4) is 0 Å². The van der Waals surface area contributed by atoms with E-state index in [1.807, 2.05) is 0 Å². The van der Waals surface area contributed by atoms with Crippen LogP contribution in [0.15, 0.2) is 12.2 Å². The number of hydrogen-bond donors (Lipinski definition) is 3. The Kier molecular flexibility index (Phi) is 74.8. The van der Waals surface area contributed by atoms with Crippen LogP contribution in [0.4, 0.5) is 0 Å². The Morgan fingerprint density at radius 1 is 0.314 bits per heavy atom.